The third kappa shape index (κ3) is 5.12. The fraction of sp³-hybridized carbons (Fsp3) is 0.136. The molecule has 0 spiro atoms. The number of fused-ring (bicyclic) bond motifs is 1. The highest BCUT2D eigenvalue weighted by atomic mass is 32.2. The van der Waals surface area contributed by atoms with Gasteiger partial charge < -0.3 is 0 Å². The topological polar surface area (TPSA) is 77.2 Å². The Morgan fingerprint density at radius 3 is 2.17 bits per heavy atom. The Morgan fingerprint density at radius 1 is 0.886 bits per heavy atom. The summed E-state index contributed by atoms with van der Waals surface area (Å²) in [5.41, 5.74) is -2.49. The Bertz CT molecular complexity index is 1600. The minimum absolute atomic E-state index is 0.0194. The molecular formula is C22H12F6N4O2S. The monoisotopic (exact) mass is 510 g/mol. The highest BCUT2D eigenvalue weighted by molar-refractivity contribution is 7.90. The molecule has 4 aromatic rings. The number of benzene rings is 1. The Kier molecular flexibility index (Phi) is 5.80. The normalized spacial score (nSPS) is 12.4. The lowest BCUT2D eigenvalue weighted by Gasteiger charge is -2.12. The average molecular weight is 510 g/mol. The van der Waals surface area contributed by atoms with Crippen molar-refractivity contribution in [1.29, 1.82) is 0 Å². The zero-order chi connectivity index (χ0) is 25.6. The fourth-order valence-corrected chi connectivity index (χ4v) is 3.65. The van der Waals surface area contributed by atoms with Crippen molar-refractivity contribution in [3.63, 3.8) is 0 Å². The van der Waals surface area contributed by atoms with Crippen molar-refractivity contribution in [2.45, 2.75) is 17.2 Å². The van der Waals surface area contributed by atoms with E-state index in [1.165, 1.54) is 12.3 Å². The van der Waals surface area contributed by atoms with Gasteiger partial charge >= 0.3 is 12.4 Å². The van der Waals surface area contributed by atoms with Crippen LogP contribution in [0.3, 0.4) is 0 Å². The zero-order valence-electron chi connectivity index (χ0n) is 17.5. The maximum atomic E-state index is 13.7. The van der Waals surface area contributed by atoms with E-state index in [1.54, 1.807) is 0 Å². The summed E-state index contributed by atoms with van der Waals surface area (Å²) in [4.78, 5) is 7.85. The molecular weight excluding hydrogens is 498 g/mol. The molecule has 0 bridgehead atoms. The standard InChI is InChI=1S/C22H12F6N4O2S/c1-35(33,34)17-8-13(10-29-12-17)2-3-15-11-30-32-19(22(26,27)28)9-18(31-20(15)32)14-4-6-16(7-5-14)21(23,24)25/h4-12H,1H3. The van der Waals surface area contributed by atoms with Crippen molar-refractivity contribution >= 4 is 15.5 Å². The molecule has 3 aromatic heterocycles. The van der Waals surface area contributed by atoms with Gasteiger partial charge in [-0.25, -0.2) is 17.9 Å². The van der Waals surface area contributed by atoms with Crippen molar-refractivity contribution in [1.82, 2.24) is 19.6 Å². The molecule has 6 nitrogen and oxygen atoms in total. The van der Waals surface area contributed by atoms with E-state index in [1.807, 2.05) is 0 Å². The lowest BCUT2D eigenvalue weighted by Crippen LogP contribution is -2.13. The van der Waals surface area contributed by atoms with E-state index < -0.39 is 33.4 Å². The van der Waals surface area contributed by atoms with Gasteiger partial charge in [-0.1, -0.05) is 24.0 Å². The lowest BCUT2D eigenvalue weighted by molar-refractivity contribution is -0.142. The van der Waals surface area contributed by atoms with E-state index in [4.69, 9.17) is 0 Å². The first-order valence-electron chi connectivity index (χ1n) is 9.54. The van der Waals surface area contributed by atoms with Gasteiger partial charge in [-0.3, -0.25) is 4.98 Å². The van der Waals surface area contributed by atoms with Crippen molar-refractivity contribution in [3.8, 4) is 23.1 Å². The third-order valence-corrected chi connectivity index (χ3v) is 5.83. The van der Waals surface area contributed by atoms with Crippen molar-refractivity contribution < 1.29 is 34.8 Å². The van der Waals surface area contributed by atoms with Crippen molar-refractivity contribution in [2.75, 3.05) is 6.26 Å². The number of alkyl halides is 6. The highest BCUT2D eigenvalue weighted by Crippen LogP contribution is 2.34. The minimum atomic E-state index is -4.85. The van der Waals surface area contributed by atoms with Crippen LogP contribution in [-0.4, -0.2) is 34.3 Å². The molecule has 4 rings (SSSR count). The summed E-state index contributed by atoms with van der Waals surface area (Å²) in [6, 6.07) is 5.46. The van der Waals surface area contributed by atoms with E-state index in [2.05, 4.69) is 26.9 Å². The second-order valence-electron chi connectivity index (χ2n) is 7.32. The third-order valence-electron chi connectivity index (χ3n) is 4.75. The minimum Gasteiger partial charge on any atom is -0.262 e. The molecule has 180 valence electrons. The van der Waals surface area contributed by atoms with Gasteiger partial charge in [-0.05, 0) is 24.3 Å². The smallest absolute Gasteiger partial charge is 0.262 e. The Labute approximate surface area is 194 Å². The molecule has 0 radical (unpaired) electrons. The molecule has 0 N–H and O–H groups in total. The van der Waals surface area contributed by atoms with Crippen LogP contribution >= 0.6 is 0 Å². The number of pyridine rings is 1. The SMILES string of the molecule is CS(=O)(=O)c1cncc(C#Cc2cnn3c(C(F)(F)F)cc(-c4ccc(C(F)(F)F)cc4)nc23)c1. The van der Waals surface area contributed by atoms with Gasteiger partial charge in [-0.15, -0.1) is 0 Å². The predicted octanol–water partition coefficient (Wildman–Crippen LogP) is 4.63. The summed E-state index contributed by atoms with van der Waals surface area (Å²) in [6.07, 6.45) is -5.03. The van der Waals surface area contributed by atoms with E-state index >= 15 is 0 Å². The summed E-state index contributed by atoms with van der Waals surface area (Å²) in [6.45, 7) is 0. The van der Waals surface area contributed by atoms with E-state index in [0.717, 1.165) is 42.9 Å². The molecule has 0 aliphatic carbocycles. The molecule has 35 heavy (non-hydrogen) atoms. The Hall–Kier alpha value is -3.92. The highest BCUT2D eigenvalue weighted by Gasteiger charge is 2.36. The van der Waals surface area contributed by atoms with Gasteiger partial charge in [0.2, 0.25) is 0 Å². The second kappa shape index (κ2) is 8.38. The number of hydrogen-bond acceptors (Lipinski definition) is 5. The van der Waals surface area contributed by atoms with Crippen LogP contribution in [0, 0.1) is 11.8 Å². The number of hydrogen-bond donors (Lipinski definition) is 0. The second-order valence-corrected chi connectivity index (χ2v) is 9.34. The number of nitrogens with zero attached hydrogens (tertiary/aromatic N) is 4. The van der Waals surface area contributed by atoms with Gasteiger partial charge in [0.1, 0.15) is 0 Å². The van der Waals surface area contributed by atoms with Gasteiger partial charge in [0.25, 0.3) is 0 Å². The summed E-state index contributed by atoms with van der Waals surface area (Å²) in [5.74, 6) is 5.22. The molecule has 0 fully saturated rings. The van der Waals surface area contributed by atoms with E-state index in [0.29, 0.717) is 10.6 Å². The molecule has 3 heterocycles. The average Bonchev–Trinajstić information content (AvgIpc) is 3.18. The molecule has 0 saturated carbocycles. The van der Waals surface area contributed by atoms with E-state index in [-0.39, 0.29) is 32.9 Å². The molecule has 0 amide bonds. The molecule has 0 saturated heterocycles. The molecule has 0 aliphatic rings. The van der Waals surface area contributed by atoms with Crippen LogP contribution in [0.25, 0.3) is 16.9 Å². The van der Waals surface area contributed by atoms with Gasteiger partial charge in [-0.2, -0.15) is 31.4 Å². The van der Waals surface area contributed by atoms with Crippen LogP contribution in [0.2, 0.25) is 0 Å². The van der Waals surface area contributed by atoms with Crippen LogP contribution < -0.4 is 0 Å². The van der Waals surface area contributed by atoms with Crippen molar-refractivity contribution in [3.05, 3.63) is 77.4 Å². The maximum Gasteiger partial charge on any atom is 0.433 e. The van der Waals surface area contributed by atoms with Crippen LogP contribution in [0.1, 0.15) is 22.4 Å². The first-order valence-corrected chi connectivity index (χ1v) is 11.4. The number of halogens is 6. The van der Waals surface area contributed by atoms with Crippen LogP contribution in [0.4, 0.5) is 26.3 Å². The van der Waals surface area contributed by atoms with Gasteiger partial charge in [0, 0.05) is 29.8 Å². The summed E-state index contributed by atoms with van der Waals surface area (Å²) < 4.78 is 104. The van der Waals surface area contributed by atoms with Crippen molar-refractivity contribution in [2.24, 2.45) is 0 Å². The molecule has 0 atom stereocenters. The first-order chi connectivity index (χ1) is 16.2. The van der Waals surface area contributed by atoms with Gasteiger partial charge in [0.15, 0.2) is 21.2 Å². The van der Waals surface area contributed by atoms with Gasteiger partial charge in [0.05, 0.1) is 27.9 Å². The van der Waals surface area contributed by atoms with Crippen LogP contribution in [-0.2, 0) is 22.2 Å². The number of sulfone groups is 1. The van der Waals surface area contributed by atoms with E-state index in [9.17, 15) is 34.8 Å². The number of aromatic nitrogens is 4. The largest absolute Gasteiger partial charge is 0.433 e. The predicted molar refractivity (Wildman–Crippen MR) is 112 cm³/mol. The molecule has 0 aliphatic heterocycles. The number of rotatable bonds is 2. The Balaban J connectivity index is 1.84. The molecule has 0 unspecified atom stereocenters. The fourth-order valence-electron chi connectivity index (χ4n) is 3.06. The lowest BCUT2D eigenvalue weighted by atomic mass is 10.1. The quantitative estimate of drug-likeness (QED) is 0.290. The summed E-state index contributed by atoms with van der Waals surface area (Å²) in [7, 11) is -3.56. The Morgan fingerprint density at radius 2 is 1.57 bits per heavy atom. The molecule has 13 heteroatoms. The maximum absolute atomic E-state index is 13.7. The first kappa shape index (κ1) is 24.2. The van der Waals surface area contributed by atoms with Crippen LogP contribution in [0.5, 0.6) is 0 Å². The summed E-state index contributed by atoms with van der Waals surface area (Å²) >= 11 is 0. The summed E-state index contributed by atoms with van der Waals surface area (Å²) in [5, 5.41) is 3.71. The molecule has 1 aromatic carbocycles. The van der Waals surface area contributed by atoms with Crippen LogP contribution in [0.15, 0.2) is 59.9 Å². The zero-order valence-corrected chi connectivity index (χ0v) is 18.3.